The summed E-state index contributed by atoms with van der Waals surface area (Å²) in [4.78, 5) is 12.0. The van der Waals surface area contributed by atoms with Crippen molar-refractivity contribution in [3.05, 3.63) is 30.6 Å². The highest BCUT2D eigenvalue weighted by molar-refractivity contribution is 7.99. The molecule has 1 amide bonds. The van der Waals surface area contributed by atoms with Crippen molar-refractivity contribution in [3.8, 4) is 11.4 Å². The van der Waals surface area contributed by atoms with E-state index in [4.69, 9.17) is 4.74 Å². The lowest BCUT2D eigenvalue weighted by Gasteiger charge is -2.17. The summed E-state index contributed by atoms with van der Waals surface area (Å²) < 4.78 is 7.07. The molecular weight excluding hydrogens is 312 g/mol. The van der Waals surface area contributed by atoms with Gasteiger partial charge < -0.3 is 10.1 Å². The summed E-state index contributed by atoms with van der Waals surface area (Å²) in [7, 11) is 1.63. The van der Waals surface area contributed by atoms with Gasteiger partial charge in [-0.1, -0.05) is 31.7 Å². The molecule has 1 atom stereocenters. The predicted molar refractivity (Wildman–Crippen MR) is 91.1 cm³/mol. The van der Waals surface area contributed by atoms with Gasteiger partial charge in [-0.15, -0.1) is 10.2 Å². The summed E-state index contributed by atoms with van der Waals surface area (Å²) in [6.45, 7) is 6.17. The maximum atomic E-state index is 12.0. The molecule has 0 saturated heterocycles. The van der Waals surface area contributed by atoms with Crippen LogP contribution in [0.1, 0.15) is 20.8 Å². The maximum absolute atomic E-state index is 12.0. The molecule has 2 aromatic rings. The predicted octanol–water partition coefficient (Wildman–Crippen LogP) is 2.53. The highest BCUT2D eigenvalue weighted by atomic mass is 32.2. The number of amides is 1. The van der Waals surface area contributed by atoms with Crippen LogP contribution in [-0.4, -0.2) is 39.6 Å². The Kier molecular flexibility index (Phi) is 6.04. The molecule has 2 rings (SSSR count). The van der Waals surface area contributed by atoms with Crippen LogP contribution in [0.2, 0.25) is 0 Å². The van der Waals surface area contributed by atoms with Crippen molar-refractivity contribution < 1.29 is 9.53 Å². The lowest BCUT2D eigenvalue weighted by Crippen LogP contribution is -2.37. The van der Waals surface area contributed by atoms with Crippen molar-refractivity contribution >= 4 is 17.7 Å². The molecule has 1 heterocycles. The first-order valence-electron chi connectivity index (χ1n) is 7.48. The molecule has 1 aromatic heterocycles. The molecule has 0 bridgehead atoms. The molecule has 0 aliphatic rings. The van der Waals surface area contributed by atoms with Crippen LogP contribution in [0.3, 0.4) is 0 Å². The Balaban J connectivity index is 2.02. The van der Waals surface area contributed by atoms with E-state index in [-0.39, 0.29) is 11.9 Å². The number of carbonyl (C=O) groups excluding carboxylic acids is 1. The molecule has 0 unspecified atom stereocenters. The van der Waals surface area contributed by atoms with Gasteiger partial charge in [-0.3, -0.25) is 9.36 Å². The first-order valence-corrected chi connectivity index (χ1v) is 8.46. The number of ether oxygens (including phenoxy) is 1. The minimum Gasteiger partial charge on any atom is -0.497 e. The smallest absolute Gasteiger partial charge is 0.230 e. The van der Waals surface area contributed by atoms with Crippen LogP contribution in [0.4, 0.5) is 0 Å². The molecule has 0 fully saturated rings. The number of nitrogens with zero attached hydrogens (tertiary/aromatic N) is 3. The molecule has 6 nitrogen and oxygen atoms in total. The quantitative estimate of drug-likeness (QED) is 0.788. The van der Waals surface area contributed by atoms with E-state index >= 15 is 0 Å². The van der Waals surface area contributed by atoms with Crippen molar-refractivity contribution in [2.24, 2.45) is 5.92 Å². The molecule has 23 heavy (non-hydrogen) atoms. The van der Waals surface area contributed by atoms with Crippen LogP contribution in [0.25, 0.3) is 5.69 Å². The Labute approximate surface area is 140 Å². The van der Waals surface area contributed by atoms with E-state index in [1.54, 1.807) is 13.4 Å². The molecule has 0 aliphatic heterocycles. The number of aromatic nitrogens is 3. The van der Waals surface area contributed by atoms with Crippen LogP contribution in [-0.2, 0) is 4.79 Å². The van der Waals surface area contributed by atoms with Crippen LogP contribution in [0.5, 0.6) is 5.75 Å². The number of benzene rings is 1. The molecule has 0 spiro atoms. The lowest BCUT2D eigenvalue weighted by molar-refractivity contribution is -0.119. The average Bonchev–Trinajstić information content (AvgIpc) is 3.01. The highest BCUT2D eigenvalue weighted by Gasteiger charge is 2.13. The zero-order valence-electron chi connectivity index (χ0n) is 13.8. The Morgan fingerprint density at radius 2 is 2.17 bits per heavy atom. The third-order valence-corrected chi connectivity index (χ3v) is 4.51. The van der Waals surface area contributed by atoms with Gasteiger partial charge in [0.2, 0.25) is 5.91 Å². The van der Waals surface area contributed by atoms with Crippen LogP contribution < -0.4 is 10.1 Å². The molecule has 1 aromatic carbocycles. The number of carbonyl (C=O) groups is 1. The zero-order chi connectivity index (χ0) is 16.8. The summed E-state index contributed by atoms with van der Waals surface area (Å²) in [5, 5.41) is 11.7. The van der Waals surface area contributed by atoms with Gasteiger partial charge in [-0.05, 0) is 25.0 Å². The number of nitrogens with one attached hydrogen (secondary N) is 1. The molecule has 0 radical (unpaired) electrons. The summed E-state index contributed by atoms with van der Waals surface area (Å²) in [6.07, 6.45) is 1.63. The van der Waals surface area contributed by atoms with E-state index in [2.05, 4.69) is 29.4 Å². The fraction of sp³-hybridized carbons (Fsp3) is 0.438. The SMILES string of the molecule is COc1cccc(-n2cnnc2SCC(=O)N[C@@H](C)C(C)C)c1. The summed E-state index contributed by atoms with van der Waals surface area (Å²) in [5.74, 6) is 1.47. The fourth-order valence-electron chi connectivity index (χ4n) is 1.85. The third kappa shape index (κ3) is 4.72. The Morgan fingerprint density at radius 3 is 2.87 bits per heavy atom. The van der Waals surface area contributed by atoms with Crippen LogP contribution in [0, 0.1) is 5.92 Å². The van der Waals surface area contributed by atoms with Crippen molar-refractivity contribution in [1.29, 1.82) is 0 Å². The van der Waals surface area contributed by atoms with Crippen LogP contribution >= 0.6 is 11.8 Å². The first-order chi connectivity index (χ1) is 11.0. The van der Waals surface area contributed by atoms with Gasteiger partial charge in [0, 0.05) is 12.1 Å². The molecular formula is C16H22N4O2S. The van der Waals surface area contributed by atoms with Gasteiger partial charge in [0.05, 0.1) is 18.6 Å². The van der Waals surface area contributed by atoms with E-state index in [9.17, 15) is 4.79 Å². The highest BCUT2D eigenvalue weighted by Crippen LogP contribution is 2.22. The average molecular weight is 334 g/mol. The van der Waals surface area contributed by atoms with Crippen molar-refractivity contribution in [2.75, 3.05) is 12.9 Å². The summed E-state index contributed by atoms with van der Waals surface area (Å²) >= 11 is 1.36. The molecule has 0 saturated carbocycles. The van der Waals surface area contributed by atoms with Gasteiger partial charge in [-0.2, -0.15) is 0 Å². The molecule has 124 valence electrons. The minimum absolute atomic E-state index is 0.00334. The summed E-state index contributed by atoms with van der Waals surface area (Å²) in [5.41, 5.74) is 0.896. The standard InChI is InChI=1S/C16H22N4O2S/c1-11(2)12(3)18-15(21)9-23-16-19-17-10-20(16)13-6-5-7-14(8-13)22-4/h5-8,10-12H,9H2,1-4H3,(H,18,21)/t12-/m0/s1. The molecule has 1 N–H and O–H groups in total. The van der Waals surface area contributed by atoms with Gasteiger partial charge in [0.1, 0.15) is 12.1 Å². The second kappa shape index (κ2) is 8.01. The van der Waals surface area contributed by atoms with E-state index in [0.29, 0.717) is 16.8 Å². The Bertz CT molecular complexity index is 657. The normalized spacial score (nSPS) is 12.2. The summed E-state index contributed by atoms with van der Waals surface area (Å²) in [6, 6.07) is 7.77. The molecule has 7 heteroatoms. The number of hydrogen-bond donors (Lipinski definition) is 1. The van der Waals surface area contributed by atoms with Crippen molar-refractivity contribution in [3.63, 3.8) is 0 Å². The topological polar surface area (TPSA) is 69.0 Å². The van der Waals surface area contributed by atoms with E-state index in [1.807, 2.05) is 35.8 Å². The maximum Gasteiger partial charge on any atom is 0.230 e. The van der Waals surface area contributed by atoms with Gasteiger partial charge in [0.25, 0.3) is 0 Å². The second-order valence-electron chi connectivity index (χ2n) is 5.57. The van der Waals surface area contributed by atoms with Gasteiger partial charge >= 0.3 is 0 Å². The lowest BCUT2D eigenvalue weighted by atomic mass is 10.1. The van der Waals surface area contributed by atoms with Crippen molar-refractivity contribution in [2.45, 2.75) is 32.0 Å². The monoisotopic (exact) mass is 334 g/mol. The van der Waals surface area contributed by atoms with Gasteiger partial charge in [0.15, 0.2) is 5.16 Å². The van der Waals surface area contributed by atoms with Crippen LogP contribution in [0.15, 0.2) is 35.7 Å². The zero-order valence-corrected chi connectivity index (χ0v) is 14.6. The van der Waals surface area contributed by atoms with Crippen molar-refractivity contribution in [1.82, 2.24) is 20.1 Å². The Morgan fingerprint density at radius 1 is 1.39 bits per heavy atom. The number of methoxy groups -OCH3 is 1. The molecule has 0 aliphatic carbocycles. The third-order valence-electron chi connectivity index (χ3n) is 3.57. The number of rotatable bonds is 7. The first kappa shape index (κ1) is 17.3. The number of thioether (sulfide) groups is 1. The second-order valence-corrected chi connectivity index (χ2v) is 6.52. The largest absolute Gasteiger partial charge is 0.497 e. The fourth-order valence-corrected chi connectivity index (χ4v) is 2.59. The van der Waals surface area contributed by atoms with E-state index in [1.165, 1.54) is 11.8 Å². The minimum atomic E-state index is -0.00334. The number of hydrogen-bond acceptors (Lipinski definition) is 5. The Hall–Kier alpha value is -2.02. The van der Waals surface area contributed by atoms with Gasteiger partial charge in [-0.25, -0.2) is 0 Å². The van der Waals surface area contributed by atoms with E-state index in [0.717, 1.165) is 11.4 Å². The van der Waals surface area contributed by atoms with E-state index < -0.39 is 0 Å².